The molecule has 5 atom stereocenters. The second-order valence-corrected chi connectivity index (χ2v) is 11.3. The number of imide groups is 1. The minimum absolute atomic E-state index is 0.0322. The van der Waals surface area contributed by atoms with Crippen molar-refractivity contribution in [2.75, 3.05) is 0 Å². The molecule has 206 valence electrons. The average Bonchev–Trinajstić information content (AvgIpc) is 3.54. The summed E-state index contributed by atoms with van der Waals surface area (Å²) in [6, 6.07) is 12.5. The molecule has 2 aromatic carbocycles. The predicted molar refractivity (Wildman–Crippen MR) is 139 cm³/mol. The number of nitrogens with zero attached hydrogens (tertiary/aromatic N) is 1. The fourth-order valence-corrected chi connectivity index (χ4v) is 5.35. The van der Waals surface area contributed by atoms with Crippen molar-refractivity contribution in [1.29, 1.82) is 0 Å². The molecule has 2 amide bonds. The standard InChI is InChI=1S/C20H21NO7S.C8H8O2/c1-20(2,3)26-19(24)11-6-8-14(9-7-11)27-29(25)28-21-17(22)15-12-4-5-13(10-12)16(15)18(21)23;1-6-2-4-7(5-3-6)8(9)10/h4-9,12-13,15-16H,10H2,1-3H3;2-5H,1H3,(H,9,10). The van der Waals surface area contributed by atoms with Crippen LogP contribution in [0.2, 0.25) is 0 Å². The first-order chi connectivity index (χ1) is 18.3. The van der Waals surface area contributed by atoms with Crippen molar-refractivity contribution in [3.8, 4) is 5.75 Å². The molecule has 10 nitrogen and oxygen atoms in total. The molecule has 1 N–H and O–H groups in total. The van der Waals surface area contributed by atoms with Crippen LogP contribution in [0.4, 0.5) is 0 Å². The van der Waals surface area contributed by atoms with E-state index in [4.69, 9.17) is 18.3 Å². The Kier molecular flexibility index (Phi) is 8.03. The van der Waals surface area contributed by atoms with Crippen LogP contribution in [0.1, 0.15) is 53.5 Å². The number of aromatic carboxylic acids is 1. The number of hydrogen-bond donors (Lipinski definition) is 1. The highest BCUT2D eigenvalue weighted by molar-refractivity contribution is 7.75. The Balaban J connectivity index is 0.000000298. The van der Waals surface area contributed by atoms with E-state index in [0.717, 1.165) is 12.0 Å². The summed E-state index contributed by atoms with van der Waals surface area (Å²) in [6.07, 6.45) is 4.71. The monoisotopic (exact) mass is 555 g/mol. The highest BCUT2D eigenvalue weighted by Gasteiger charge is 2.60. The van der Waals surface area contributed by atoms with Crippen LogP contribution >= 0.6 is 0 Å². The molecule has 11 heteroatoms. The van der Waals surface area contributed by atoms with Gasteiger partial charge in [-0.2, -0.15) is 4.21 Å². The van der Waals surface area contributed by atoms with Gasteiger partial charge in [0.25, 0.3) is 11.8 Å². The van der Waals surface area contributed by atoms with Gasteiger partial charge in [0.1, 0.15) is 11.4 Å². The Morgan fingerprint density at radius 2 is 1.41 bits per heavy atom. The number of amides is 2. The highest BCUT2D eigenvalue weighted by atomic mass is 32.2. The number of esters is 1. The number of carboxylic acid groups (broad SMARTS) is 1. The fraction of sp³-hybridized carbons (Fsp3) is 0.357. The number of allylic oxidation sites excluding steroid dienone is 2. The number of carbonyl (C=O) groups excluding carboxylic acids is 3. The summed E-state index contributed by atoms with van der Waals surface area (Å²) < 4.78 is 27.6. The van der Waals surface area contributed by atoms with Crippen molar-refractivity contribution in [2.45, 2.75) is 39.7 Å². The lowest BCUT2D eigenvalue weighted by molar-refractivity contribution is -0.166. The van der Waals surface area contributed by atoms with Crippen molar-refractivity contribution >= 4 is 35.1 Å². The molecule has 3 aliphatic rings. The molecule has 2 aliphatic carbocycles. The molecule has 2 bridgehead atoms. The third-order valence-electron chi connectivity index (χ3n) is 6.52. The summed E-state index contributed by atoms with van der Waals surface area (Å²) in [5.41, 5.74) is 1.10. The minimum Gasteiger partial charge on any atom is -0.478 e. The lowest BCUT2D eigenvalue weighted by atomic mass is 9.85. The van der Waals surface area contributed by atoms with Crippen molar-refractivity contribution in [1.82, 2.24) is 5.06 Å². The molecule has 0 aromatic heterocycles. The molecule has 5 rings (SSSR count). The number of rotatable bonds is 6. The summed E-state index contributed by atoms with van der Waals surface area (Å²) >= 11 is -2.40. The SMILES string of the molecule is CC(C)(C)OC(=O)c1ccc(OS(=O)ON2C(=O)C3C4C=CC(C4)C3C2=O)cc1.Cc1ccc(C(=O)O)cc1. The fourth-order valence-electron chi connectivity index (χ4n) is 4.78. The van der Waals surface area contributed by atoms with Gasteiger partial charge in [0.05, 0.1) is 23.0 Å². The van der Waals surface area contributed by atoms with Crippen molar-refractivity contribution in [3.63, 3.8) is 0 Å². The van der Waals surface area contributed by atoms with Gasteiger partial charge in [0.2, 0.25) is 0 Å². The number of carboxylic acids is 1. The average molecular weight is 556 g/mol. The Hall–Kier alpha value is -3.83. The highest BCUT2D eigenvalue weighted by Crippen LogP contribution is 2.52. The maximum atomic E-state index is 12.5. The van der Waals surface area contributed by atoms with Gasteiger partial charge < -0.3 is 14.0 Å². The molecule has 0 radical (unpaired) electrons. The quantitative estimate of drug-likeness (QED) is 0.318. The zero-order valence-corrected chi connectivity index (χ0v) is 22.7. The molecule has 0 spiro atoms. The number of ether oxygens (including phenoxy) is 1. The van der Waals surface area contributed by atoms with E-state index in [9.17, 15) is 23.4 Å². The topological polar surface area (TPSA) is 137 Å². The van der Waals surface area contributed by atoms with E-state index in [0.29, 0.717) is 16.2 Å². The van der Waals surface area contributed by atoms with E-state index in [2.05, 4.69) is 0 Å². The number of aryl methyl sites for hydroxylation is 1. The van der Waals surface area contributed by atoms with E-state index in [-0.39, 0.29) is 17.6 Å². The maximum Gasteiger partial charge on any atom is 0.383 e. The van der Waals surface area contributed by atoms with Gasteiger partial charge >= 0.3 is 23.3 Å². The predicted octanol–water partition coefficient (Wildman–Crippen LogP) is 4.03. The van der Waals surface area contributed by atoms with Crippen LogP contribution in [0, 0.1) is 30.6 Å². The third kappa shape index (κ3) is 6.43. The smallest absolute Gasteiger partial charge is 0.383 e. The number of fused-ring (bicyclic) bond motifs is 5. The van der Waals surface area contributed by atoms with Crippen LogP contribution in [0.25, 0.3) is 0 Å². The van der Waals surface area contributed by atoms with Crippen LogP contribution < -0.4 is 4.18 Å². The lowest BCUT2D eigenvalue weighted by Gasteiger charge is -2.19. The molecule has 1 aliphatic heterocycles. The molecular formula is C28H29NO9S. The van der Waals surface area contributed by atoms with Gasteiger partial charge in [-0.25, -0.2) is 9.59 Å². The molecule has 1 saturated heterocycles. The van der Waals surface area contributed by atoms with Crippen LogP contribution in [0.15, 0.2) is 60.7 Å². The first kappa shape index (κ1) is 28.2. The second kappa shape index (κ2) is 11.1. The first-order valence-corrected chi connectivity index (χ1v) is 13.3. The molecule has 5 unspecified atom stereocenters. The lowest BCUT2D eigenvalue weighted by Crippen LogP contribution is -2.34. The Morgan fingerprint density at radius 1 is 0.897 bits per heavy atom. The second-order valence-electron chi connectivity index (χ2n) is 10.5. The molecule has 1 heterocycles. The third-order valence-corrected chi connectivity index (χ3v) is 7.12. The molecule has 1 saturated carbocycles. The Bertz CT molecular complexity index is 1300. The normalized spacial score (nSPS) is 23.6. The maximum absolute atomic E-state index is 12.5. The van der Waals surface area contributed by atoms with Gasteiger partial charge in [-0.1, -0.05) is 29.8 Å². The van der Waals surface area contributed by atoms with E-state index in [1.165, 1.54) is 24.3 Å². The summed E-state index contributed by atoms with van der Waals surface area (Å²) in [7, 11) is 0. The van der Waals surface area contributed by atoms with Crippen molar-refractivity contribution < 1.29 is 41.7 Å². The number of hydrogen-bond acceptors (Lipinski definition) is 8. The van der Waals surface area contributed by atoms with E-state index < -0.39 is 52.6 Å². The molecule has 2 fully saturated rings. The van der Waals surface area contributed by atoms with Gasteiger partial charge in [-0.05, 0) is 82.3 Å². The number of benzene rings is 2. The summed E-state index contributed by atoms with van der Waals surface area (Å²) in [5.74, 6) is -3.00. The van der Waals surface area contributed by atoms with E-state index in [1.54, 1.807) is 45.0 Å². The summed E-state index contributed by atoms with van der Waals surface area (Å²) in [4.78, 5) is 47.4. The first-order valence-electron chi connectivity index (χ1n) is 12.3. The van der Waals surface area contributed by atoms with E-state index >= 15 is 0 Å². The number of hydroxylamine groups is 2. The summed E-state index contributed by atoms with van der Waals surface area (Å²) in [5, 5.41) is 9.05. The van der Waals surface area contributed by atoms with Crippen LogP contribution in [-0.2, 0) is 30.0 Å². The minimum atomic E-state index is -2.40. The van der Waals surface area contributed by atoms with Crippen molar-refractivity contribution in [3.05, 3.63) is 77.4 Å². The van der Waals surface area contributed by atoms with Gasteiger partial charge in [0, 0.05) is 0 Å². The summed E-state index contributed by atoms with van der Waals surface area (Å²) in [6.45, 7) is 7.21. The van der Waals surface area contributed by atoms with Crippen LogP contribution in [0.5, 0.6) is 5.75 Å². The zero-order chi connectivity index (χ0) is 28.5. The van der Waals surface area contributed by atoms with Gasteiger partial charge in [-0.3, -0.25) is 9.59 Å². The molecular weight excluding hydrogens is 526 g/mol. The van der Waals surface area contributed by atoms with Crippen LogP contribution in [0.3, 0.4) is 0 Å². The largest absolute Gasteiger partial charge is 0.478 e. The Labute approximate surface area is 228 Å². The van der Waals surface area contributed by atoms with Gasteiger partial charge in [-0.15, -0.1) is 9.35 Å². The van der Waals surface area contributed by atoms with Crippen LogP contribution in [-0.4, -0.2) is 43.7 Å². The zero-order valence-electron chi connectivity index (χ0n) is 21.9. The van der Waals surface area contributed by atoms with E-state index in [1.807, 2.05) is 19.1 Å². The Morgan fingerprint density at radius 3 is 1.90 bits per heavy atom. The number of carbonyl (C=O) groups is 4. The van der Waals surface area contributed by atoms with Gasteiger partial charge in [0.15, 0.2) is 0 Å². The molecule has 39 heavy (non-hydrogen) atoms. The van der Waals surface area contributed by atoms with Crippen molar-refractivity contribution in [2.24, 2.45) is 23.7 Å². The molecule has 2 aromatic rings.